The van der Waals surface area contributed by atoms with Gasteiger partial charge in [-0.2, -0.15) is 9.78 Å². The van der Waals surface area contributed by atoms with Crippen LogP contribution in [0.2, 0.25) is 5.02 Å². The number of nitrogens with zero attached hydrogens (tertiary/aromatic N) is 4. The third-order valence-corrected chi connectivity index (χ3v) is 6.63. The Morgan fingerprint density at radius 2 is 1.84 bits per heavy atom. The molecule has 0 bridgehead atoms. The van der Waals surface area contributed by atoms with Crippen LogP contribution in [-0.2, 0) is 4.79 Å². The van der Waals surface area contributed by atoms with Gasteiger partial charge >= 0.3 is 5.69 Å². The van der Waals surface area contributed by atoms with E-state index in [0.29, 0.717) is 32.6 Å². The lowest BCUT2D eigenvalue weighted by molar-refractivity contribution is -0.385. The summed E-state index contributed by atoms with van der Waals surface area (Å²) in [4.78, 5) is 42.0. The van der Waals surface area contributed by atoms with Crippen LogP contribution in [-0.4, -0.2) is 33.3 Å². The van der Waals surface area contributed by atoms with Crippen LogP contribution in [0.25, 0.3) is 33.5 Å². The standard InChI is InChI=1S/C31H20ClN5O6/c32-21-13-14-26-20(15-21)16-27(43-26)30-35-24-11-5-4-10-23(24)31(39)36(30)33-17-19-7-6-12-25(37(40)41)29(19)42-18-28(38)34-22-8-2-1-3-9-22/h1-17H,18H2,(H,34,38). The summed E-state index contributed by atoms with van der Waals surface area (Å²) in [5.74, 6) is -0.358. The summed E-state index contributed by atoms with van der Waals surface area (Å²) in [6, 6.07) is 26.5. The number of fused-ring (bicyclic) bond motifs is 2. The zero-order chi connectivity index (χ0) is 29.9. The van der Waals surface area contributed by atoms with Crippen molar-refractivity contribution in [3.8, 4) is 17.3 Å². The largest absolute Gasteiger partial charge is 0.476 e. The number of anilines is 1. The number of hydrogen-bond donors (Lipinski definition) is 1. The SMILES string of the molecule is O=C(COc1c(C=Nn2c(-c3cc4cc(Cl)ccc4o3)nc3ccccc3c2=O)cccc1[N+](=O)[O-])Nc1ccccc1. The predicted molar refractivity (Wildman–Crippen MR) is 163 cm³/mol. The number of hydrogen-bond acceptors (Lipinski definition) is 8. The summed E-state index contributed by atoms with van der Waals surface area (Å²) in [7, 11) is 0. The van der Waals surface area contributed by atoms with E-state index < -0.39 is 23.0 Å². The Morgan fingerprint density at radius 1 is 1.05 bits per heavy atom. The highest BCUT2D eigenvalue weighted by Gasteiger charge is 2.21. The average Bonchev–Trinajstić information content (AvgIpc) is 3.43. The van der Waals surface area contributed by atoms with Crippen molar-refractivity contribution < 1.29 is 18.9 Å². The molecule has 4 aromatic carbocycles. The van der Waals surface area contributed by atoms with Crippen molar-refractivity contribution >= 4 is 57.0 Å². The maximum Gasteiger partial charge on any atom is 0.311 e. The molecule has 1 amide bonds. The van der Waals surface area contributed by atoms with Crippen LogP contribution in [0.4, 0.5) is 11.4 Å². The molecule has 12 heteroatoms. The lowest BCUT2D eigenvalue weighted by atomic mass is 10.2. The van der Waals surface area contributed by atoms with Gasteiger partial charge in [-0.05, 0) is 54.6 Å². The highest BCUT2D eigenvalue weighted by atomic mass is 35.5. The van der Waals surface area contributed by atoms with Crippen LogP contribution >= 0.6 is 11.6 Å². The van der Waals surface area contributed by atoms with Crippen LogP contribution in [0.5, 0.6) is 5.75 Å². The first-order chi connectivity index (χ1) is 20.9. The first kappa shape index (κ1) is 27.4. The van der Waals surface area contributed by atoms with E-state index in [4.69, 9.17) is 20.8 Å². The number of rotatable bonds is 8. The second-order valence-corrected chi connectivity index (χ2v) is 9.70. The minimum absolute atomic E-state index is 0.0995. The number of ether oxygens (including phenoxy) is 1. The molecule has 0 radical (unpaired) electrons. The number of carbonyl (C=O) groups excluding carboxylic acids is 1. The molecule has 0 aliphatic rings. The van der Waals surface area contributed by atoms with Gasteiger partial charge in [0.2, 0.25) is 11.6 Å². The van der Waals surface area contributed by atoms with Gasteiger partial charge in [-0.3, -0.25) is 19.7 Å². The topological polar surface area (TPSA) is 142 Å². The van der Waals surface area contributed by atoms with Gasteiger partial charge < -0.3 is 14.5 Å². The van der Waals surface area contributed by atoms with E-state index in [2.05, 4.69) is 15.4 Å². The van der Waals surface area contributed by atoms with Crippen LogP contribution in [0.15, 0.2) is 111 Å². The summed E-state index contributed by atoms with van der Waals surface area (Å²) in [6.07, 6.45) is 1.23. The Bertz CT molecular complexity index is 2110. The van der Waals surface area contributed by atoms with Crippen LogP contribution in [0.1, 0.15) is 5.56 Å². The fourth-order valence-electron chi connectivity index (χ4n) is 4.44. The van der Waals surface area contributed by atoms with Gasteiger partial charge in [0, 0.05) is 27.7 Å². The zero-order valence-electron chi connectivity index (χ0n) is 22.1. The van der Waals surface area contributed by atoms with Crippen molar-refractivity contribution in [1.82, 2.24) is 9.66 Å². The van der Waals surface area contributed by atoms with Crippen molar-refractivity contribution in [2.45, 2.75) is 0 Å². The molecule has 43 heavy (non-hydrogen) atoms. The summed E-state index contributed by atoms with van der Waals surface area (Å²) < 4.78 is 12.7. The van der Waals surface area contributed by atoms with Gasteiger partial charge in [0.05, 0.1) is 22.0 Å². The van der Waals surface area contributed by atoms with Gasteiger partial charge in [-0.1, -0.05) is 48.0 Å². The zero-order valence-corrected chi connectivity index (χ0v) is 22.9. The second-order valence-electron chi connectivity index (χ2n) is 9.26. The maximum absolute atomic E-state index is 13.6. The van der Waals surface area contributed by atoms with E-state index in [0.717, 1.165) is 4.68 Å². The highest BCUT2D eigenvalue weighted by molar-refractivity contribution is 6.31. The Hall–Kier alpha value is -5.81. The molecular formula is C31H20ClN5O6. The summed E-state index contributed by atoms with van der Waals surface area (Å²) >= 11 is 6.14. The average molecular weight is 594 g/mol. The van der Waals surface area contributed by atoms with E-state index in [-0.39, 0.29) is 28.6 Å². The molecule has 6 aromatic rings. The molecule has 1 N–H and O–H groups in total. The lowest BCUT2D eigenvalue weighted by Crippen LogP contribution is -2.21. The van der Waals surface area contributed by atoms with Crippen molar-refractivity contribution in [3.05, 3.63) is 128 Å². The van der Waals surface area contributed by atoms with Crippen LogP contribution < -0.4 is 15.6 Å². The summed E-state index contributed by atoms with van der Waals surface area (Å²) in [6.45, 7) is -0.509. The van der Waals surface area contributed by atoms with Gasteiger partial charge in [-0.15, -0.1) is 0 Å². The first-order valence-electron chi connectivity index (χ1n) is 12.9. The number of aromatic nitrogens is 2. The Kier molecular flexibility index (Phi) is 7.37. The molecule has 11 nitrogen and oxygen atoms in total. The van der Waals surface area contributed by atoms with Crippen molar-refractivity contribution in [1.29, 1.82) is 0 Å². The van der Waals surface area contributed by atoms with E-state index in [1.807, 2.05) is 0 Å². The van der Waals surface area contributed by atoms with Crippen LogP contribution in [0, 0.1) is 10.1 Å². The highest BCUT2D eigenvalue weighted by Crippen LogP contribution is 2.31. The summed E-state index contributed by atoms with van der Waals surface area (Å²) in [5.41, 5.74) is 0.783. The van der Waals surface area contributed by atoms with Gasteiger partial charge in [-0.25, -0.2) is 4.98 Å². The van der Waals surface area contributed by atoms with Crippen molar-refractivity contribution in [2.24, 2.45) is 5.10 Å². The normalized spacial score (nSPS) is 11.3. The van der Waals surface area contributed by atoms with Crippen LogP contribution in [0.3, 0.4) is 0 Å². The molecule has 212 valence electrons. The van der Waals surface area contributed by atoms with E-state index in [1.165, 1.54) is 24.4 Å². The van der Waals surface area contributed by atoms with Crippen molar-refractivity contribution in [2.75, 3.05) is 11.9 Å². The third-order valence-electron chi connectivity index (χ3n) is 6.39. The molecule has 0 aliphatic carbocycles. The quantitative estimate of drug-likeness (QED) is 0.124. The Balaban J connectivity index is 1.41. The number of nitro groups is 1. The van der Waals surface area contributed by atoms with E-state index in [1.54, 1.807) is 78.9 Å². The number of amides is 1. The lowest BCUT2D eigenvalue weighted by Gasteiger charge is -2.11. The molecule has 2 aromatic heterocycles. The number of nitrogens with one attached hydrogen (secondary N) is 1. The fraction of sp³-hybridized carbons (Fsp3) is 0.0323. The molecular weight excluding hydrogens is 574 g/mol. The fourth-order valence-corrected chi connectivity index (χ4v) is 4.62. The number of para-hydroxylation sites is 3. The molecule has 0 atom stereocenters. The molecule has 6 rings (SSSR count). The number of carbonyl (C=O) groups is 1. The molecule has 0 fully saturated rings. The number of nitro benzene ring substituents is 1. The number of furan rings is 1. The Morgan fingerprint density at radius 3 is 2.65 bits per heavy atom. The molecule has 2 heterocycles. The van der Waals surface area contributed by atoms with Gasteiger partial charge in [0.25, 0.3) is 11.5 Å². The van der Waals surface area contributed by atoms with Gasteiger partial charge in [0.1, 0.15) is 5.58 Å². The predicted octanol–water partition coefficient (Wildman–Crippen LogP) is 6.27. The number of halogens is 1. The molecule has 0 aliphatic heterocycles. The number of benzene rings is 4. The van der Waals surface area contributed by atoms with E-state index >= 15 is 0 Å². The monoisotopic (exact) mass is 593 g/mol. The van der Waals surface area contributed by atoms with Crippen molar-refractivity contribution in [3.63, 3.8) is 0 Å². The minimum Gasteiger partial charge on any atom is -0.476 e. The molecule has 0 spiro atoms. The smallest absolute Gasteiger partial charge is 0.311 e. The van der Waals surface area contributed by atoms with Gasteiger partial charge in [0.15, 0.2) is 12.4 Å². The Labute approximate surface area is 247 Å². The molecule has 0 unspecified atom stereocenters. The molecule has 0 saturated carbocycles. The minimum atomic E-state index is -0.628. The summed E-state index contributed by atoms with van der Waals surface area (Å²) in [5, 5.41) is 20.4. The third kappa shape index (κ3) is 5.69. The second kappa shape index (κ2) is 11.6. The maximum atomic E-state index is 13.6. The first-order valence-corrected chi connectivity index (χ1v) is 13.3. The molecule has 0 saturated heterocycles. The van der Waals surface area contributed by atoms with E-state index in [9.17, 15) is 19.7 Å².